The maximum absolute atomic E-state index is 13.7. The van der Waals surface area contributed by atoms with Crippen molar-refractivity contribution in [2.24, 2.45) is 5.73 Å². The van der Waals surface area contributed by atoms with Gasteiger partial charge >= 0.3 is 0 Å². The predicted molar refractivity (Wildman–Crippen MR) is 60.5 cm³/mol. The summed E-state index contributed by atoms with van der Waals surface area (Å²) >= 11 is 0. The predicted octanol–water partition coefficient (Wildman–Crippen LogP) is 1.30. The Hall–Kier alpha value is -1.04. The molecule has 1 heterocycles. The average Bonchev–Trinajstić information content (AvgIpc) is 2.35. The smallest absolute Gasteiger partial charge is 0.130 e. The summed E-state index contributed by atoms with van der Waals surface area (Å²) in [5.41, 5.74) is 5.72. The largest absolute Gasteiger partial charge is 0.379 e. The molecule has 2 N–H and O–H groups in total. The summed E-state index contributed by atoms with van der Waals surface area (Å²) in [5, 5.41) is 0. The molecule has 1 fully saturated rings. The average molecular weight is 242 g/mol. The van der Waals surface area contributed by atoms with E-state index in [0.717, 1.165) is 0 Å². The van der Waals surface area contributed by atoms with Crippen molar-refractivity contribution in [3.63, 3.8) is 0 Å². The van der Waals surface area contributed by atoms with Gasteiger partial charge in [-0.3, -0.25) is 4.90 Å². The fourth-order valence-corrected chi connectivity index (χ4v) is 2.17. The zero-order valence-electron chi connectivity index (χ0n) is 9.53. The quantitative estimate of drug-likeness (QED) is 0.868. The number of halogens is 2. The SMILES string of the molecule is NC[C@@H](c1c(F)cccc1F)N1CCOCC1. The van der Waals surface area contributed by atoms with E-state index in [4.69, 9.17) is 10.5 Å². The van der Waals surface area contributed by atoms with E-state index < -0.39 is 17.7 Å². The molecule has 5 heteroatoms. The minimum Gasteiger partial charge on any atom is -0.379 e. The second kappa shape index (κ2) is 5.53. The molecule has 0 aliphatic carbocycles. The molecule has 1 aliphatic heterocycles. The molecule has 0 bridgehead atoms. The van der Waals surface area contributed by atoms with E-state index in [1.54, 1.807) is 0 Å². The summed E-state index contributed by atoms with van der Waals surface area (Å²) in [7, 11) is 0. The lowest BCUT2D eigenvalue weighted by Gasteiger charge is -2.34. The van der Waals surface area contributed by atoms with Crippen LogP contribution in [0.3, 0.4) is 0 Å². The first-order valence-electron chi connectivity index (χ1n) is 5.70. The molecule has 17 heavy (non-hydrogen) atoms. The standard InChI is InChI=1S/C12H16F2N2O/c13-9-2-1-3-10(14)12(9)11(8-15)16-4-6-17-7-5-16/h1-3,11H,4-8,15H2/t11-/m0/s1. The monoisotopic (exact) mass is 242 g/mol. The molecular formula is C12H16F2N2O. The molecule has 1 aliphatic rings. The van der Waals surface area contributed by atoms with Crippen molar-refractivity contribution in [3.8, 4) is 0 Å². The van der Waals surface area contributed by atoms with E-state index in [1.165, 1.54) is 18.2 Å². The molecule has 0 saturated carbocycles. The Bertz CT molecular complexity index is 361. The van der Waals surface area contributed by atoms with Gasteiger partial charge in [0.15, 0.2) is 0 Å². The Labute approximate surface area is 99.2 Å². The van der Waals surface area contributed by atoms with E-state index in [9.17, 15) is 8.78 Å². The number of benzene rings is 1. The van der Waals surface area contributed by atoms with Crippen LogP contribution in [-0.4, -0.2) is 37.7 Å². The number of hydrogen-bond acceptors (Lipinski definition) is 3. The highest BCUT2D eigenvalue weighted by molar-refractivity contribution is 5.24. The Balaban J connectivity index is 2.27. The van der Waals surface area contributed by atoms with Crippen LogP contribution in [0.25, 0.3) is 0 Å². The molecule has 0 radical (unpaired) electrons. The maximum atomic E-state index is 13.7. The van der Waals surface area contributed by atoms with Crippen LogP contribution in [0.4, 0.5) is 8.78 Å². The van der Waals surface area contributed by atoms with Gasteiger partial charge in [0.2, 0.25) is 0 Å². The lowest BCUT2D eigenvalue weighted by Crippen LogP contribution is -2.42. The first kappa shape index (κ1) is 12.4. The van der Waals surface area contributed by atoms with Crippen LogP contribution in [-0.2, 0) is 4.74 Å². The number of morpholine rings is 1. The number of nitrogens with two attached hydrogens (primary N) is 1. The first-order valence-corrected chi connectivity index (χ1v) is 5.70. The van der Waals surface area contributed by atoms with E-state index in [-0.39, 0.29) is 12.1 Å². The number of hydrogen-bond donors (Lipinski definition) is 1. The molecule has 1 saturated heterocycles. The Kier molecular flexibility index (Phi) is 4.04. The minimum atomic E-state index is -0.535. The van der Waals surface area contributed by atoms with Crippen molar-refractivity contribution in [1.82, 2.24) is 4.90 Å². The minimum absolute atomic E-state index is 0.0666. The fraction of sp³-hybridized carbons (Fsp3) is 0.500. The van der Waals surface area contributed by atoms with Crippen molar-refractivity contribution in [2.75, 3.05) is 32.8 Å². The fourth-order valence-electron chi connectivity index (χ4n) is 2.17. The van der Waals surface area contributed by atoms with Crippen LogP contribution in [0, 0.1) is 11.6 Å². The van der Waals surface area contributed by atoms with Crippen molar-refractivity contribution in [3.05, 3.63) is 35.4 Å². The molecule has 1 aromatic carbocycles. The summed E-state index contributed by atoms with van der Waals surface area (Å²) < 4.78 is 32.6. The zero-order chi connectivity index (χ0) is 12.3. The third-order valence-corrected chi connectivity index (χ3v) is 3.04. The summed E-state index contributed by atoms with van der Waals surface area (Å²) in [6, 6.07) is 3.48. The molecule has 3 nitrogen and oxygen atoms in total. The van der Waals surface area contributed by atoms with Gasteiger partial charge in [0, 0.05) is 25.2 Å². The van der Waals surface area contributed by atoms with Gasteiger partial charge < -0.3 is 10.5 Å². The number of nitrogens with zero attached hydrogens (tertiary/aromatic N) is 1. The second-order valence-electron chi connectivity index (χ2n) is 4.04. The normalized spacial score (nSPS) is 19.2. The molecule has 0 spiro atoms. The summed E-state index contributed by atoms with van der Waals surface area (Å²) in [4.78, 5) is 1.96. The lowest BCUT2D eigenvalue weighted by atomic mass is 10.0. The van der Waals surface area contributed by atoms with Crippen LogP contribution in [0.5, 0.6) is 0 Å². The van der Waals surface area contributed by atoms with Gasteiger partial charge in [-0.25, -0.2) is 8.78 Å². The van der Waals surface area contributed by atoms with E-state index >= 15 is 0 Å². The Morgan fingerprint density at radius 2 is 1.82 bits per heavy atom. The van der Waals surface area contributed by atoms with Crippen molar-refractivity contribution >= 4 is 0 Å². The molecule has 1 atom stereocenters. The van der Waals surface area contributed by atoms with Gasteiger partial charge in [-0.2, -0.15) is 0 Å². The topological polar surface area (TPSA) is 38.5 Å². The Morgan fingerprint density at radius 3 is 2.35 bits per heavy atom. The second-order valence-corrected chi connectivity index (χ2v) is 4.04. The van der Waals surface area contributed by atoms with Crippen molar-refractivity contribution in [1.29, 1.82) is 0 Å². The van der Waals surface area contributed by atoms with Crippen LogP contribution in [0.15, 0.2) is 18.2 Å². The third-order valence-electron chi connectivity index (χ3n) is 3.04. The molecule has 94 valence electrons. The maximum Gasteiger partial charge on any atom is 0.130 e. The van der Waals surface area contributed by atoms with Gasteiger partial charge in [0.05, 0.1) is 19.3 Å². The van der Waals surface area contributed by atoms with Gasteiger partial charge in [-0.15, -0.1) is 0 Å². The van der Waals surface area contributed by atoms with Gasteiger partial charge in [0.25, 0.3) is 0 Å². The van der Waals surface area contributed by atoms with Crippen LogP contribution in [0.1, 0.15) is 11.6 Å². The molecule has 0 unspecified atom stereocenters. The Morgan fingerprint density at radius 1 is 1.24 bits per heavy atom. The lowest BCUT2D eigenvalue weighted by molar-refractivity contribution is 0.0164. The van der Waals surface area contributed by atoms with Crippen molar-refractivity contribution in [2.45, 2.75) is 6.04 Å². The third kappa shape index (κ3) is 2.62. The molecule has 1 aromatic rings. The zero-order valence-corrected chi connectivity index (χ0v) is 9.53. The van der Waals surface area contributed by atoms with Crippen LogP contribution in [0.2, 0.25) is 0 Å². The van der Waals surface area contributed by atoms with E-state index in [0.29, 0.717) is 26.3 Å². The highest BCUT2D eigenvalue weighted by Crippen LogP contribution is 2.25. The molecule has 0 aromatic heterocycles. The van der Waals surface area contributed by atoms with Crippen LogP contribution >= 0.6 is 0 Å². The van der Waals surface area contributed by atoms with E-state index in [2.05, 4.69) is 0 Å². The number of rotatable bonds is 3. The number of ether oxygens (including phenoxy) is 1. The highest BCUT2D eigenvalue weighted by Gasteiger charge is 2.26. The van der Waals surface area contributed by atoms with Gasteiger partial charge in [0.1, 0.15) is 11.6 Å². The van der Waals surface area contributed by atoms with Crippen LogP contribution < -0.4 is 5.73 Å². The van der Waals surface area contributed by atoms with Crippen molar-refractivity contribution < 1.29 is 13.5 Å². The highest BCUT2D eigenvalue weighted by atomic mass is 19.1. The first-order chi connectivity index (χ1) is 8.24. The summed E-state index contributed by atoms with van der Waals surface area (Å²) in [6.45, 7) is 2.64. The van der Waals surface area contributed by atoms with Gasteiger partial charge in [-0.05, 0) is 12.1 Å². The van der Waals surface area contributed by atoms with E-state index in [1.807, 2.05) is 4.90 Å². The molecule has 0 amide bonds. The molecule has 2 rings (SSSR count). The van der Waals surface area contributed by atoms with Gasteiger partial charge in [-0.1, -0.05) is 6.07 Å². The summed E-state index contributed by atoms with van der Waals surface area (Å²) in [6.07, 6.45) is 0. The summed E-state index contributed by atoms with van der Waals surface area (Å²) in [5.74, 6) is -1.07. The molecular weight excluding hydrogens is 226 g/mol.